The van der Waals surface area contributed by atoms with Gasteiger partial charge in [-0.05, 0) is 19.9 Å². The zero-order chi connectivity index (χ0) is 14.7. The van der Waals surface area contributed by atoms with Gasteiger partial charge in [-0.2, -0.15) is 4.31 Å². The minimum Gasteiger partial charge on any atom is -0.351 e. The molecular weight excluding hydrogens is 282 g/mol. The summed E-state index contributed by atoms with van der Waals surface area (Å²) in [4.78, 5) is 0. The Labute approximate surface area is 118 Å². The first-order chi connectivity index (χ1) is 8.71. The van der Waals surface area contributed by atoms with Gasteiger partial charge in [-0.3, -0.25) is 0 Å². The summed E-state index contributed by atoms with van der Waals surface area (Å²) in [7, 11) is -4.48. The molecule has 19 heavy (non-hydrogen) atoms. The van der Waals surface area contributed by atoms with Crippen LogP contribution in [0.4, 0.5) is 0 Å². The molecule has 1 aliphatic heterocycles. The van der Waals surface area contributed by atoms with Crippen molar-refractivity contribution in [3.05, 3.63) is 0 Å². The second kappa shape index (κ2) is 6.67. The highest BCUT2D eigenvalue weighted by molar-refractivity contribution is 7.89. The average molecular weight is 310 g/mol. The zero-order valence-electron chi connectivity index (χ0n) is 12.7. The molecule has 0 aliphatic carbocycles. The molecule has 1 saturated heterocycles. The zero-order valence-corrected chi connectivity index (χ0v) is 14.5. The normalized spacial score (nSPS) is 23.9. The van der Waals surface area contributed by atoms with Crippen LogP contribution in [0.1, 0.15) is 13.8 Å². The maximum absolute atomic E-state index is 12.2. The second-order valence-electron chi connectivity index (χ2n) is 6.04. The first-order valence-corrected chi connectivity index (χ1v) is 12.3. The van der Waals surface area contributed by atoms with E-state index in [0.717, 1.165) is 6.04 Å². The average Bonchev–Trinajstić information content (AvgIpc) is 3.06. The van der Waals surface area contributed by atoms with Crippen molar-refractivity contribution in [1.29, 1.82) is 0 Å². The van der Waals surface area contributed by atoms with E-state index in [4.69, 9.17) is 9.47 Å². The van der Waals surface area contributed by atoms with E-state index >= 15 is 0 Å². The van der Waals surface area contributed by atoms with Gasteiger partial charge in [0.05, 0.1) is 11.8 Å². The van der Waals surface area contributed by atoms with Crippen LogP contribution in [0.2, 0.25) is 25.7 Å². The molecule has 2 unspecified atom stereocenters. The minimum atomic E-state index is -3.14. The van der Waals surface area contributed by atoms with Gasteiger partial charge in [-0.25, -0.2) is 8.42 Å². The van der Waals surface area contributed by atoms with E-state index in [1.807, 2.05) is 13.8 Å². The molecule has 0 aromatic carbocycles. The highest BCUT2D eigenvalue weighted by Gasteiger charge is 2.49. The number of rotatable bonds is 9. The van der Waals surface area contributed by atoms with Crippen molar-refractivity contribution < 1.29 is 17.9 Å². The summed E-state index contributed by atoms with van der Waals surface area (Å²) in [5, 5.41) is 0. The highest BCUT2D eigenvalue weighted by atomic mass is 32.2. The molecular formula is C12H27NO4SSi. The number of ether oxygens (including phenoxy) is 2. The third-order valence-corrected chi connectivity index (χ3v) is 7.01. The van der Waals surface area contributed by atoms with Crippen molar-refractivity contribution >= 4 is 18.1 Å². The van der Waals surface area contributed by atoms with Crippen molar-refractivity contribution in [2.45, 2.75) is 51.9 Å². The van der Waals surface area contributed by atoms with Gasteiger partial charge in [0.1, 0.15) is 0 Å². The molecule has 0 radical (unpaired) electrons. The molecule has 0 amide bonds. The fraction of sp³-hybridized carbons (Fsp3) is 1.00. The van der Waals surface area contributed by atoms with Crippen molar-refractivity contribution in [3.63, 3.8) is 0 Å². The highest BCUT2D eigenvalue weighted by Crippen LogP contribution is 2.29. The van der Waals surface area contributed by atoms with Crippen LogP contribution >= 0.6 is 0 Å². The van der Waals surface area contributed by atoms with Gasteiger partial charge in [0.2, 0.25) is 10.0 Å². The summed E-state index contributed by atoms with van der Waals surface area (Å²) in [6.45, 7) is 11.9. The molecule has 0 N–H and O–H groups in total. The maximum atomic E-state index is 12.2. The van der Waals surface area contributed by atoms with E-state index < -0.39 is 24.4 Å². The number of hydrogen-bond donors (Lipinski definition) is 0. The Morgan fingerprint density at radius 2 is 1.74 bits per heavy atom. The van der Waals surface area contributed by atoms with Crippen molar-refractivity contribution in [1.82, 2.24) is 4.31 Å². The number of sulfonamides is 1. The molecule has 7 heteroatoms. The van der Waals surface area contributed by atoms with Crippen molar-refractivity contribution in [2.75, 3.05) is 25.5 Å². The lowest BCUT2D eigenvalue weighted by Crippen LogP contribution is -2.31. The lowest BCUT2D eigenvalue weighted by Gasteiger charge is -2.18. The van der Waals surface area contributed by atoms with E-state index in [0.29, 0.717) is 19.8 Å². The predicted octanol–water partition coefficient (Wildman–Crippen LogP) is 1.74. The molecule has 0 bridgehead atoms. The van der Waals surface area contributed by atoms with E-state index in [-0.39, 0.29) is 11.8 Å². The Morgan fingerprint density at radius 3 is 2.16 bits per heavy atom. The first-order valence-electron chi connectivity index (χ1n) is 6.94. The minimum absolute atomic E-state index is 0.133. The van der Waals surface area contributed by atoms with Gasteiger partial charge >= 0.3 is 0 Å². The van der Waals surface area contributed by atoms with Gasteiger partial charge in [0.25, 0.3) is 0 Å². The first kappa shape index (κ1) is 17.1. The van der Waals surface area contributed by atoms with Crippen LogP contribution in [0.15, 0.2) is 0 Å². The Balaban J connectivity index is 2.54. The number of hydrogen-bond acceptors (Lipinski definition) is 4. The Morgan fingerprint density at radius 1 is 1.21 bits per heavy atom. The van der Waals surface area contributed by atoms with Crippen molar-refractivity contribution in [3.8, 4) is 0 Å². The van der Waals surface area contributed by atoms with Crippen LogP contribution in [-0.4, -0.2) is 58.6 Å². The van der Waals surface area contributed by atoms with Crippen LogP contribution in [0, 0.1) is 0 Å². The lowest BCUT2D eigenvalue weighted by atomic mass is 10.4. The van der Waals surface area contributed by atoms with Gasteiger partial charge in [0, 0.05) is 27.8 Å². The lowest BCUT2D eigenvalue weighted by molar-refractivity contribution is -0.138. The largest absolute Gasteiger partial charge is 0.351 e. The van der Waals surface area contributed by atoms with Crippen LogP contribution in [-0.2, 0) is 19.5 Å². The molecule has 114 valence electrons. The molecule has 0 spiro atoms. The second-order valence-corrected chi connectivity index (χ2v) is 13.7. The van der Waals surface area contributed by atoms with Gasteiger partial charge < -0.3 is 9.47 Å². The van der Waals surface area contributed by atoms with Crippen LogP contribution in [0.25, 0.3) is 0 Å². The van der Waals surface area contributed by atoms with E-state index in [9.17, 15) is 8.42 Å². The van der Waals surface area contributed by atoms with Crippen LogP contribution < -0.4 is 0 Å². The SMILES string of the molecule is CCOC(OCC)C1CN1S(=O)(=O)CC[Si](C)(C)C. The van der Waals surface area contributed by atoms with Gasteiger partial charge in [-0.1, -0.05) is 19.6 Å². The Bertz CT molecular complexity index is 374. The quantitative estimate of drug-likeness (QED) is 0.370. The Kier molecular flexibility index (Phi) is 6.00. The molecule has 5 nitrogen and oxygen atoms in total. The fourth-order valence-electron chi connectivity index (χ4n) is 1.83. The molecule has 0 saturated carbocycles. The van der Waals surface area contributed by atoms with Gasteiger partial charge in [-0.15, -0.1) is 0 Å². The number of nitrogens with zero attached hydrogens (tertiary/aromatic N) is 1. The van der Waals surface area contributed by atoms with Gasteiger partial charge in [0.15, 0.2) is 6.29 Å². The monoisotopic (exact) mass is 309 g/mol. The Hall–Kier alpha value is 0.0469. The van der Waals surface area contributed by atoms with Crippen LogP contribution in [0.5, 0.6) is 0 Å². The molecule has 1 rings (SSSR count). The molecule has 0 aromatic rings. The topological polar surface area (TPSA) is 55.6 Å². The molecule has 1 heterocycles. The molecule has 2 atom stereocenters. The third kappa shape index (κ3) is 5.51. The molecule has 0 aromatic heterocycles. The predicted molar refractivity (Wildman–Crippen MR) is 79.5 cm³/mol. The van der Waals surface area contributed by atoms with E-state index in [1.165, 1.54) is 4.31 Å². The van der Waals surface area contributed by atoms with E-state index in [1.54, 1.807) is 0 Å². The smallest absolute Gasteiger partial charge is 0.214 e. The summed E-state index contributed by atoms with van der Waals surface area (Å²) in [6.07, 6.45) is -0.420. The molecule has 1 aliphatic rings. The standard InChI is InChI=1S/C12H27NO4SSi/c1-6-16-12(17-7-2)11-10-13(11)18(14,15)8-9-19(3,4)5/h11-12H,6-10H2,1-5H3. The van der Waals surface area contributed by atoms with Crippen molar-refractivity contribution in [2.24, 2.45) is 0 Å². The summed E-state index contributed by atoms with van der Waals surface area (Å²) in [5.74, 6) is 0.254. The third-order valence-electron chi connectivity index (χ3n) is 3.05. The summed E-state index contributed by atoms with van der Waals surface area (Å²) in [5.41, 5.74) is 0. The summed E-state index contributed by atoms with van der Waals surface area (Å²) < 4.78 is 36.8. The van der Waals surface area contributed by atoms with Crippen LogP contribution in [0.3, 0.4) is 0 Å². The summed E-state index contributed by atoms with van der Waals surface area (Å²) >= 11 is 0. The summed E-state index contributed by atoms with van der Waals surface area (Å²) in [6, 6.07) is 0.665. The fourth-order valence-corrected chi connectivity index (χ4v) is 6.44. The van der Waals surface area contributed by atoms with E-state index in [2.05, 4.69) is 19.6 Å². The molecule has 1 fully saturated rings. The maximum Gasteiger partial charge on any atom is 0.214 e.